The molecular formula is C26H25F2N5O6S. The van der Waals surface area contributed by atoms with E-state index in [0.29, 0.717) is 12.1 Å². The molecular weight excluding hydrogens is 548 g/mol. The van der Waals surface area contributed by atoms with Gasteiger partial charge in [0.1, 0.15) is 11.8 Å². The van der Waals surface area contributed by atoms with E-state index in [1.807, 2.05) is 0 Å². The van der Waals surface area contributed by atoms with Crippen molar-refractivity contribution in [3.63, 3.8) is 0 Å². The number of esters is 1. The second kappa shape index (κ2) is 12.7. The number of thioether (sulfide) groups is 1. The van der Waals surface area contributed by atoms with E-state index in [9.17, 15) is 28.0 Å². The fraction of sp³-hybridized carbons (Fsp3) is 0.269. The molecule has 3 unspecified atom stereocenters. The number of nitrogens with zero attached hydrogens (tertiary/aromatic N) is 1. The van der Waals surface area contributed by atoms with Crippen molar-refractivity contribution < 1.29 is 37.4 Å². The predicted molar refractivity (Wildman–Crippen MR) is 139 cm³/mol. The van der Waals surface area contributed by atoms with Crippen LogP contribution in [0.5, 0.6) is 11.5 Å². The number of aromatic nitrogens is 2. The minimum absolute atomic E-state index is 0.0911. The van der Waals surface area contributed by atoms with Gasteiger partial charge in [0.15, 0.2) is 11.6 Å². The maximum atomic E-state index is 15.0. The molecule has 210 valence electrons. The van der Waals surface area contributed by atoms with Gasteiger partial charge in [-0.25, -0.2) is 14.2 Å². The van der Waals surface area contributed by atoms with Gasteiger partial charge in [-0.2, -0.15) is 4.39 Å². The van der Waals surface area contributed by atoms with Gasteiger partial charge in [0, 0.05) is 19.0 Å². The Kier molecular flexibility index (Phi) is 9.11. The van der Waals surface area contributed by atoms with Gasteiger partial charge in [0.2, 0.25) is 17.6 Å². The van der Waals surface area contributed by atoms with Crippen LogP contribution < -0.4 is 21.1 Å². The molecule has 0 radical (unpaired) electrons. The van der Waals surface area contributed by atoms with Crippen molar-refractivity contribution in [2.75, 3.05) is 7.11 Å². The first kappa shape index (κ1) is 28.7. The third-order valence-corrected chi connectivity index (χ3v) is 6.99. The van der Waals surface area contributed by atoms with Crippen molar-refractivity contribution in [2.24, 2.45) is 5.73 Å². The zero-order valence-electron chi connectivity index (χ0n) is 21.1. The minimum atomic E-state index is -1.33. The van der Waals surface area contributed by atoms with Gasteiger partial charge in [-0.3, -0.25) is 19.7 Å². The van der Waals surface area contributed by atoms with E-state index in [2.05, 4.69) is 20.6 Å². The second-order valence-corrected chi connectivity index (χ2v) is 10.0. The van der Waals surface area contributed by atoms with Crippen LogP contribution in [0.3, 0.4) is 0 Å². The number of amides is 3. The van der Waals surface area contributed by atoms with E-state index in [-0.39, 0.29) is 23.6 Å². The lowest BCUT2D eigenvalue weighted by atomic mass is 10.0. The molecule has 1 saturated heterocycles. The van der Waals surface area contributed by atoms with E-state index in [0.717, 1.165) is 24.4 Å². The molecule has 4 rings (SSSR count). The van der Waals surface area contributed by atoms with E-state index >= 15 is 0 Å². The molecule has 0 saturated carbocycles. The smallest absolute Gasteiger partial charge is 0.328 e. The summed E-state index contributed by atoms with van der Waals surface area (Å²) in [4.78, 5) is 54.6. The summed E-state index contributed by atoms with van der Waals surface area (Å²) < 4.78 is 40.1. The maximum Gasteiger partial charge on any atom is 0.328 e. The summed E-state index contributed by atoms with van der Waals surface area (Å²) in [7, 11) is 1.10. The van der Waals surface area contributed by atoms with Gasteiger partial charge in [0.05, 0.1) is 30.4 Å². The van der Waals surface area contributed by atoms with Gasteiger partial charge in [-0.05, 0) is 35.7 Å². The van der Waals surface area contributed by atoms with Crippen molar-refractivity contribution in [3.05, 3.63) is 77.4 Å². The Labute approximate surface area is 231 Å². The van der Waals surface area contributed by atoms with Crippen LogP contribution in [0.25, 0.3) is 0 Å². The van der Waals surface area contributed by atoms with E-state index in [1.165, 1.54) is 30.6 Å². The minimum Gasteiger partial charge on any atom is -0.467 e. The Balaban J connectivity index is 1.41. The van der Waals surface area contributed by atoms with Crippen LogP contribution >= 0.6 is 11.8 Å². The summed E-state index contributed by atoms with van der Waals surface area (Å²) in [6.45, 7) is 0. The number of halogens is 2. The lowest BCUT2D eigenvalue weighted by molar-refractivity contribution is -0.145. The van der Waals surface area contributed by atoms with Gasteiger partial charge >= 0.3 is 5.97 Å². The summed E-state index contributed by atoms with van der Waals surface area (Å²) in [5, 5.41) is 3.71. The van der Waals surface area contributed by atoms with Crippen molar-refractivity contribution in [3.8, 4) is 11.5 Å². The Morgan fingerprint density at radius 2 is 1.88 bits per heavy atom. The molecule has 2 aromatic carbocycles. The highest BCUT2D eigenvalue weighted by atomic mass is 32.2. The molecule has 11 nitrogen and oxygen atoms in total. The molecule has 2 heterocycles. The lowest BCUT2D eigenvalue weighted by Gasteiger charge is -2.19. The number of rotatable bonds is 11. The van der Waals surface area contributed by atoms with Crippen molar-refractivity contribution in [1.82, 2.24) is 20.6 Å². The molecule has 3 amide bonds. The third kappa shape index (κ3) is 7.01. The fourth-order valence-corrected chi connectivity index (χ4v) is 4.78. The maximum absolute atomic E-state index is 15.0. The number of carbonyl (C=O) groups is 4. The van der Waals surface area contributed by atoms with Crippen LogP contribution in [0.1, 0.15) is 16.8 Å². The molecule has 5 N–H and O–H groups in total. The number of nitrogens with two attached hydrogens (primary N) is 1. The number of nitrogens with one attached hydrogen (secondary N) is 3. The summed E-state index contributed by atoms with van der Waals surface area (Å²) in [5.74, 6) is -4.65. The number of ether oxygens (including phenoxy) is 2. The molecule has 1 aromatic heterocycles. The zero-order valence-corrected chi connectivity index (χ0v) is 21.9. The normalized spacial score (nSPS) is 16.2. The number of benzene rings is 2. The van der Waals surface area contributed by atoms with E-state index < -0.39 is 58.3 Å². The van der Waals surface area contributed by atoms with Crippen molar-refractivity contribution in [2.45, 2.75) is 36.6 Å². The SMILES string of the molecule is COC(=O)C(Cc1ccc(Oc2ccc(CC3SC(=O)NC3=O)cc2)c(F)c1F)NC(=O)C(N)Cc1c[nH]cn1. The number of H-pyrrole nitrogens is 1. The van der Waals surface area contributed by atoms with Crippen LogP contribution in [0.4, 0.5) is 13.6 Å². The van der Waals surface area contributed by atoms with Crippen LogP contribution in [-0.2, 0) is 38.4 Å². The molecule has 0 spiro atoms. The molecule has 14 heteroatoms. The molecule has 0 bridgehead atoms. The number of imidazole rings is 1. The number of hydrogen-bond acceptors (Lipinski definition) is 9. The zero-order chi connectivity index (χ0) is 28.8. The largest absolute Gasteiger partial charge is 0.467 e. The van der Waals surface area contributed by atoms with Gasteiger partial charge in [-0.15, -0.1) is 0 Å². The number of imide groups is 1. The van der Waals surface area contributed by atoms with E-state index in [1.54, 1.807) is 18.3 Å². The highest BCUT2D eigenvalue weighted by Crippen LogP contribution is 2.29. The monoisotopic (exact) mass is 573 g/mol. The number of aromatic amines is 1. The third-order valence-electron chi connectivity index (χ3n) is 6.01. The number of carbonyl (C=O) groups excluding carboxylic acids is 4. The quantitative estimate of drug-likeness (QED) is 0.252. The molecule has 40 heavy (non-hydrogen) atoms. The fourth-order valence-electron chi connectivity index (χ4n) is 3.93. The molecule has 1 aliphatic heterocycles. The Morgan fingerprint density at radius 1 is 1.12 bits per heavy atom. The summed E-state index contributed by atoms with van der Waals surface area (Å²) >= 11 is 0.908. The van der Waals surface area contributed by atoms with Crippen LogP contribution in [-0.4, -0.2) is 57.4 Å². The Hall–Kier alpha value is -4.30. The molecule has 1 aliphatic rings. The number of methoxy groups -OCH3 is 1. The standard InChI is InChI=1S/C26H25F2N5O6S/c1-38-25(36)18(32-23(34)17(29)10-15-11-30-12-31-15)9-14-4-7-19(22(28)21(14)27)39-16-5-2-13(3-6-16)8-20-24(35)33-26(37)40-20/h2-7,11-12,17-18,20H,8-10,29H2,1H3,(H,30,31)(H,32,34)(H,33,35,37). The van der Waals surface area contributed by atoms with Crippen LogP contribution in [0, 0.1) is 11.6 Å². The van der Waals surface area contributed by atoms with Crippen molar-refractivity contribution >= 4 is 34.8 Å². The summed E-state index contributed by atoms with van der Waals surface area (Å²) in [6.07, 6.45) is 3.00. The van der Waals surface area contributed by atoms with Gasteiger partial charge < -0.3 is 25.5 Å². The average Bonchev–Trinajstić information content (AvgIpc) is 3.56. The first-order valence-electron chi connectivity index (χ1n) is 12.0. The summed E-state index contributed by atoms with van der Waals surface area (Å²) in [6, 6.07) is 6.41. The topological polar surface area (TPSA) is 166 Å². The Morgan fingerprint density at radius 3 is 2.50 bits per heavy atom. The molecule has 3 aromatic rings. The molecule has 1 fully saturated rings. The van der Waals surface area contributed by atoms with Crippen LogP contribution in [0.2, 0.25) is 0 Å². The first-order chi connectivity index (χ1) is 19.1. The molecule has 3 atom stereocenters. The number of hydrogen-bond donors (Lipinski definition) is 4. The second-order valence-electron chi connectivity index (χ2n) is 8.84. The first-order valence-corrected chi connectivity index (χ1v) is 12.9. The highest BCUT2D eigenvalue weighted by molar-refractivity contribution is 8.15. The highest BCUT2D eigenvalue weighted by Gasteiger charge is 2.31. The lowest BCUT2D eigenvalue weighted by Crippen LogP contribution is -2.50. The van der Waals surface area contributed by atoms with Gasteiger partial charge in [-0.1, -0.05) is 30.0 Å². The predicted octanol–water partition coefficient (Wildman–Crippen LogP) is 2.14. The van der Waals surface area contributed by atoms with Gasteiger partial charge in [0.25, 0.3) is 5.24 Å². The Bertz CT molecular complexity index is 1400. The molecule has 0 aliphatic carbocycles. The van der Waals surface area contributed by atoms with Crippen LogP contribution in [0.15, 0.2) is 48.9 Å². The van der Waals surface area contributed by atoms with E-state index in [4.69, 9.17) is 15.2 Å². The van der Waals surface area contributed by atoms with Crippen molar-refractivity contribution in [1.29, 1.82) is 0 Å². The average molecular weight is 574 g/mol. The summed E-state index contributed by atoms with van der Waals surface area (Å²) in [5.41, 5.74) is 6.99.